The molecule has 1 atom stereocenters. The van der Waals surface area contributed by atoms with Crippen LogP contribution in [0.5, 0.6) is 5.75 Å². The molecule has 2 aliphatic heterocycles. The molecule has 7 nitrogen and oxygen atoms in total. The van der Waals surface area contributed by atoms with Gasteiger partial charge < -0.3 is 19.5 Å². The second-order valence-corrected chi connectivity index (χ2v) is 8.17. The van der Waals surface area contributed by atoms with E-state index >= 15 is 0 Å². The number of ketones is 1. The van der Waals surface area contributed by atoms with Crippen molar-refractivity contribution in [3.05, 3.63) is 71.3 Å². The summed E-state index contributed by atoms with van der Waals surface area (Å²) in [6, 6.07) is 15.7. The minimum absolute atomic E-state index is 0.117. The highest BCUT2D eigenvalue weighted by Gasteiger charge is 2.45. The van der Waals surface area contributed by atoms with E-state index in [4.69, 9.17) is 9.47 Å². The van der Waals surface area contributed by atoms with E-state index in [9.17, 15) is 14.7 Å². The Kier molecular flexibility index (Phi) is 7.42. The monoisotopic (exact) mass is 450 g/mol. The van der Waals surface area contributed by atoms with Gasteiger partial charge in [-0.25, -0.2) is 0 Å². The zero-order valence-corrected chi connectivity index (χ0v) is 18.9. The minimum atomic E-state index is -0.658. The Bertz CT molecular complexity index is 1010. The molecule has 174 valence electrons. The molecule has 33 heavy (non-hydrogen) atoms. The first-order chi connectivity index (χ1) is 16.1. The third-order valence-corrected chi connectivity index (χ3v) is 6.05. The molecule has 0 aromatic heterocycles. The molecule has 0 saturated carbocycles. The number of hydrogen-bond acceptors (Lipinski definition) is 6. The van der Waals surface area contributed by atoms with E-state index < -0.39 is 17.7 Å². The van der Waals surface area contributed by atoms with Crippen LogP contribution in [0.4, 0.5) is 0 Å². The van der Waals surface area contributed by atoms with Gasteiger partial charge in [0.25, 0.3) is 11.7 Å². The van der Waals surface area contributed by atoms with Gasteiger partial charge in [-0.1, -0.05) is 42.5 Å². The number of likely N-dealkylation sites (tertiary alicyclic amines) is 1. The molecule has 2 aliphatic rings. The van der Waals surface area contributed by atoms with Crippen molar-refractivity contribution in [1.82, 2.24) is 9.80 Å². The molecule has 1 unspecified atom stereocenters. The molecule has 7 heteroatoms. The highest BCUT2D eigenvalue weighted by atomic mass is 16.5. The summed E-state index contributed by atoms with van der Waals surface area (Å²) in [7, 11) is 0. The molecular weight excluding hydrogens is 420 g/mol. The second-order valence-electron chi connectivity index (χ2n) is 8.17. The third-order valence-electron chi connectivity index (χ3n) is 6.05. The smallest absolute Gasteiger partial charge is 0.295 e. The van der Waals surface area contributed by atoms with Crippen molar-refractivity contribution in [3.63, 3.8) is 0 Å². The molecule has 0 spiro atoms. The first-order valence-electron chi connectivity index (χ1n) is 11.5. The van der Waals surface area contributed by atoms with Crippen LogP contribution >= 0.6 is 0 Å². The molecule has 1 amide bonds. The van der Waals surface area contributed by atoms with Crippen LogP contribution in [0.1, 0.15) is 30.5 Å². The number of morpholine rings is 1. The van der Waals surface area contributed by atoms with Crippen LogP contribution in [0.2, 0.25) is 0 Å². The Morgan fingerprint density at radius 3 is 2.55 bits per heavy atom. The Hall–Kier alpha value is -3.16. The lowest BCUT2D eigenvalue weighted by atomic mass is 9.95. The number of ether oxygens (including phenoxy) is 2. The number of benzene rings is 2. The van der Waals surface area contributed by atoms with Gasteiger partial charge in [0.1, 0.15) is 11.5 Å². The van der Waals surface area contributed by atoms with Gasteiger partial charge in [0.2, 0.25) is 0 Å². The SMILES string of the molecule is CCOc1cccc(C(O)=C2C(=O)C(=O)N(CCCN3CCOCC3)C2c2ccccc2)c1. The predicted octanol–water partition coefficient (Wildman–Crippen LogP) is 3.23. The summed E-state index contributed by atoms with van der Waals surface area (Å²) in [6.07, 6.45) is 0.732. The molecule has 4 rings (SSSR count). The topological polar surface area (TPSA) is 79.3 Å². The zero-order chi connectivity index (χ0) is 23.2. The van der Waals surface area contributed by atoms with E-state index in [0.717, 1.165) is 44.8 Å². The predicted molar refractivity (Wildman–Crippen MR) is 125 cm³/mol. The lowest BCUT2D eigenvalue weighted by molar-refractivity contribution is -0.140. The first kappa shape index (κ1) is 23.0. The van der Waals surface area contributed by atoms with E-state index in [2.05, 4.69) is 4.90 Å². The van der Waals surface area contributed by atoms with Crippen LogP contribution in [0, 0.1) is 0 Å². The average Bonchev–Trinajstić information content (AvgIpc) is 3.10. The maximum atomic E-state index is 13.1. The number of aliphatic hydroxyl groups excluding tert-OH is 1. The number of hydrogen-bond donors (Lipinski definition) is 1. The van der Waals surface area contributed by atoms with Gasteiger partial charge in [0, 0.05) is 31.7 Å². The quantitative estimate of drug-likeness (QED) is 0.378. The van der Waals surface area contributed by atoms with Crippen LogP contribution in [-0.2, 0) is 14.3 Å². The van der Waals surface area contributed by atoms with Crippen molar-refractivity contribution in [3.8, 4) is 5.75 Å². The molecule has 2 saturated heterocycles. The maximum Gasteiger partial charge on any atom is 0.295 e. The van der Waals surface area contributed by atoms with Crippen LogP contribution in [0.15, 0.2) is 60.2 Å². The van der Waals surface area contributed by atoms with Crippen molar-refractivity contribution >= 4 is 17.4 Å². The summed E-state index contributed by atoms with van der Waals surface area (Å²) >= 11 is 0. The van der Waals surface area contributed by atoms with Crippen LogP contribution in [0.25, 0.3) is 5.76 Å². The number of nitrogens with zero attached hydrogens (tertiary/aromatic N) is 2. The summed E-state index contributed by atoms with van der Waals surface area (Å²) in [5, 5.41) is 11.2. The fraction of sp³-hybridized carbons (Fsp3) is 0.385. The van der Waals surface area contributed by atoms with Gasteiger partial charge >= 0.3 is 0 Å². The van der Waals surface area contributed by atoms with Crippen molar-refractivity contribution in [2.45, 2.75) is 19.4 Å². The van der Waals surface area contributed by atoms with Crippen molar-refractivity contribution in [1.29, 1.82) is 0 Å². The lowest BCUT2D eigenvalue weighted by Crippen LogP contribution is -2.38. The number of carbonyl (C=O) groups is 2. The normalized spacial score (nSPS) is 20.9. The average molecular weight is 451 g/mol. The molecule has 2 aromatic rings. The molecule has 2 aromatic carbocycles. The largest absolute Gasteiger partial charge is 0.507 e. The highest BCUT2D eigenvalue weighted by molar-refractivity contribution is 6.46. The number of Topliss-reactive ketones (excluding diaryl/α,β-unsaturated/α-hetero) is 1. The molecule has 1 N–H and O–H groups in total. The first-order valence-corrected chi connectivity index (χ1v) is 11.5. The molecule has 0 radical (unpaired) electrons. The van der Waals surface area contributed by atoms with Gasteiger partial charge in [-0.2, -0.15) is 0 Å². The van der Waals surface area contributed by atoms with Crippen molar-refractivity contribution < 1.29 is 24.2 Å². The van der Waals surface area contributed by atoms with Crippen LogP contribution in [-0.4, -0.2) is 72.6 Å². The fourth-order valence-corrected chi connectivity index (χ4v) is 4.44. The van der Waals surface area contributed by atoms with E-state index in [1.807, 2.05) is 37.3 Å². The maximum absolute atomic E-state index is 13.1. The fourth-order valence-electron chi connectivity index (χ4n) is 4.44. The minimum Gasteiger partial charge on any atom is -0.507 e. The van der Waals surface area contributed by atoms with Crippen molar-refractivity contribution in [2.75, 3.05) is 46.0 Å². The third kappa shape index (κ3) is 5.10. The van der Waals surface area contributed by atoms with Crippen LogP contribution in [0.3, 0.4) is 0 Å². The summed E-state index contributed by atoms with van der Waals surface area (Å²) in [4.78, 5) is 30.1. The Morgan fingerprint density at radius 2 is 1.82 bits per heavy atom. The lowest BCUT2D eigenvalue weighted by Gasteiger charge is -2.29. The zero-order valence-electron chi connectivity index (χ0n) is 18.9. The molecule has 0 aliphatic carbocycles. The Morgan fingerprint density at radius 1 is 1.06 bits per heavy atom. The molecule has 0 bridgehead atoms. The molecular formula is C26H30N2O5. The van der Waals surface area contributed by atoms with Gasteiger partial charge in [-0.3, -0.25) is 14.5 Å². The van der Waals surface area contributed by atoms with Crippen LogP contribution < -0.4 is 4.74 Å². The van der Waals surface area contributed by atoms with E-state index in [1.54, 1.807) is 29.2 Å². The van der Waals surface area contributed by atoms with Gasteiger partial charge in [0.15, 0.2) is 0 Å². The standard InChI is InChI=1S/C26H30N2O5/c1-2-33-21-11-6-10-20(18-21)24(29)22-23(19-8-4-3-5-9-19)28(26(31)25(22)30)13-7-12-27-14-16-32-17-15-27/h3-6,8-11,18,23,29H,2,7,12-17H2,1H3. The van der Waals surface area contributed by atoms with Gasteiger partial charge in [-0.05, 0) is 31.0 Å². The molecule has 2 fully saturated rings. The van der Waals surface area contributed by atoms with Gasteiger partial charge in [0.05, 0.1) is 31.4 Å². The number of amides is 1. The van der Waals surface area contributed by atoms with E-state index in [1.165, 1.54) is 0 Å². The van der Waals surface area contributed by atoms with Gasteiger partial charge in [-0.15, -0.1) is 0 Å². The highest BCUT2D eigenvalue weighted by Crippen LogP contribution is 2.39. The molecule has 2 heterocycles. The number of rotatable bonds is 8. The van der Waals surface area contributed by atoms with Crippen molar-refractivity contribution in [2.24, 2.45) is 0 Å². The number of aliphatic hydroxyl groups is 1. The number of carbonyl (C=O) groups excluding carboxylic acids is 2. The summed E-state index contributed by atoms with van der Waals surface area (Å²) < 4.78 is 10.9. The van der Waals surface area contributed by atoms with E-state index in [-0.39, 0.29) is 11.3 Å². The Balaban J connectivity index is 1.65. The summed E-state index contributed by atoms with van der Waals surface area (Å²) in [5.41, 5.74) is 1.37. The Labute approximate surface area is 194 Å². The second kappa shape index (κ2) is 10.6. The summed E-state index contributed by atoms with van der Waals surface area (Å²) in [6.45, 7) is 6.80. The van der Waals surface area contributed by atoms with E-state index in [0.29, 0.717) is 24.5 Å². The summed E-state index contributed by atoms with van der Waals surface area (Å²) in [5.74, 6) is -0.820.